The third kappa shape index (κ3) is 4.26. The van der Waals surface area contributed by atoms with Crippen molar-refractivity contribution in [3.8, 4) is 0 Å². The van der Waals surface area contributed by atoms with Gasteiger partial charge in [0.05, 0.1) is 6.16 Å². The third-order valence-electron chi connectivity index (χ3n) is 1.92. The Labute approximate surface area is 94.2 Å². The monoisotopic (exact) mass is 228 g/mol. The van der Waals surface area contributed by atoms with E-state index < -0.39 is 7.26 Å². The quantitative estimate of drug-likeness (QED) is 0.670. The van der Waals surface area contributed by atoms with E-state index in [4.69, 9.17) is 0 Å². The van der Waals surface area contributed by atoms with Gasteiger partial charge in [0.25, 0.3) is 0 Å². The highest BCUT2D eigenvalue weighted by atomic mass is 35.5. The van der Waals surface area contributed by atoms with Crippen molar-refractivity contribution in [1.82, 2.24) is 0 Å². The van der Waals surface area contributed by atoms with E-state index in [2.05, 4.69) is 50.8 Å². The van der Waals surface area contributed by atoms with E-state index in [0.29, 0.717) is 0 Å². The highest BCUT2D eigenvalue weighted by Crippen LogP contribution is 2.50. The van der Waals surface area contributed by atoms with Crippen LogP contribution in [-0.2, 0) is 6.16 Å². The van der Waals surface area contributed by atoms with Gasteiger partial charge < -0.3 is 12.4 Å². The molecule has 0 amide bonds. The van der Waals surface area contributed by atoms with E-state index in [9.17, 15) is 0 Å². The summed E-state index contributed by atoms with van der Waals surface area (Å²) >= 11 is 0. The molecule has 2 heteroatoms. The molecule has 0 fully saturated rings. The lowest BCUT2D eigenvalue weighted by molar-refractivity contribution is -0.00000298. The van der Waals surface area contributed by atoms with Gasteiger partial charge in [0.15, 0.2) is 0 Å². The Kier molecular flexibility index (Phi) is 5.41. The van der Waals surface area contributed by atoms with Crippen LogP contribution in [0.15, 0.2) is 30.8 Å². The minimum atomic E-state index is -0.726. The van der Waals surface area contributed by atoms with Gasteiger partial charge in [-0.3, -0.25) is 0 Å². The molecular formula is C12H18ClP. The molecule has 0 unspecified atom stereocenters. The molecule has 14 heavy (non-hydrogen) atoms. The van der Waals surface area contributed by atoms with E-state index >= 15 is 0 Å². The first-order valence-electron chi connectivity index (χ1n) is 4.54. The third-order valence-corrected chi connectivity index (χ3v) is 3.21. The fourth-order valence-electron chi connectivity index (χ4n) is 1.39. The molecule has 0 spiro atoms. The molecule has 0 bridgehead atoms. The van der Waals surface area contributed by atoms with E-state index in [1.54, 1.807) is 0 Å². The predicted octanol–water partition coefficient (Wildman–Crippen LogP) is 0.741. The zero-order valence-corrected chi connectivity index (χ0v) is 10.8. The highest BCUT2D eigenvalue weighted by Gasteiger charge is 2.18. The number of hydrogen-bond acceptors (Lipinski definition) is 0. The van der Waals surface area contributed by atoms with Crippen molar-refractivity contribution >= 4 is 13.3 Å². The van der Waals surface area contributed by atoms with Gasteiger partial charge in [0.1, 0.15) is 0 Å². The van der Waals surface area contributed by atoms with Gasteiger partial charge in [0.2, 0.25) is 0 Å². The maximum absolute atomic E-state index is 3.83. The Hall–Kier alpha value is -0.320. The maximum Gasteiger partial charge on any atom is 0.0840 e. The first kappa shape index (κ1) is 13.7. The molecule has 0 aromatic heterocycles. The second kappa shape index (κ2) is 5.53. The van der Waals surface area contributed by atoms with Crippen LogP contribution in [0.4, 0.5) is 0 Å². The molecule has 0 atom stereocenters. The van der Waals surface area contributed by atoms with Crippen molar-refractivity contribution in [3.63, 3.8) is 0 Å². The summed E-state index contributed by atoms with van der Waals surface area (Å²) in [5.41, 5.74) is 2.73. The van der Waals surface area contributed by atoms with Crippen molar-refractivity contribution in [2.75, 3.05) is 20.0 Å². The van der Waals surface area contributed by atoms with Gasteiger partial charge in [-0.15, -0.1) is 0 Å². The zero-order valence-electron chi connectivity index (χ0n) is 9.13. The second-order valence-electron chi connectivity index (χ2n) is 4.35. The first-order chi connectivity index (χ1) is 6.03. The van der Waals surface area contributed by atoms with Gasteiger partial charge in [-0.25, -0.2) is 0 Å². The summed E-state index contributed by atoms with van der Waals surface area (Å²) in [6.45, 7) is 10.9. The summed E-state index contributed by atoms with van der Waals surface area (Å²) in [6.07, 6.45) is 3.17. The van der Waals surface area contributed by atoms with E-state index in [1.165, 1.54) is 17.3 Å². The van der Waals surface area contributed by atoms with Crippen LogP contribution in [-0.4, -0.2) is 20.0 Å². The number of halogens is 1. The summed E-state index contributed by atoms with van der Waals surface area (Å²) in [7, 11) is -0.726. The second-order valence-corrected chi connectivity index (χ2v) is 9.25. The van der Waals surface area contributed by atoms with Crippen LogP contribution in [0, 0.1) is 0 Å². The van der Waals surface area contributed by atoms with Crippen LogP contribution < -0.4 is 12.4 Å². The molecule has 1 aromatic rings. The maximum atomic E-state index is 3.83. The van der Waals surface area contributed by atoms with Crippen LogP contribution in [0.25, 0.3) is 6.08 Å². The molecule has 0 aliphatic rings. The summed E-state index contributed by atoms with van der Waals surface area (Å²) in [6, 6.07) is 8.53. The van der Waals surface area contributed by atoms with Gasteiger partial charge in [-0.2, -0.15) is 0 Å². The molecule has 1 rings (SSSR count). The fourth-order valence-corrected chi connectivity index (χ4v) is 2.70. The highest BCUT2D eigenvalue weighted by molar-refractivity contribution is 7.72. The van der Waals surface area contributed by atoms with Gasteiger partial charge in [-0.05, 0) is 11.1 Å². The minimum absolute atomic E-state index is 0. The Morgan fingerprint density at radius 1 is 1.21 bits per heavy atom. The number of benzene rings is 1. The van der Waals surface area contributed by atoms with Crippen LogP contribution in [0.2, 0.25) is 0 Å². The van der Waals surface area contributed by atoms with E-state index in [0.717, 1.165) is 0 Å². The van der Waals surface area contributed by atoms with E-state index in [-0.39, 0.29) is 12.4 Å². The Morgan fingerprint density at radius 2 is 1.79 bits per heavy atom. The lowest BCUT2D eigenvalue weighted by Gasteiger charge is -2.13. The van der Waals surface area contributed by atoms with Crippen LogP contribution in [0.1, 0.15) is 11.1 Å². The average Bonchev–Trinajstić information content (AvgIpc) is 2.02. The standard InChI is InChI=1S/C12H18P.ClH/c1-5-11-8-6-7-9-12(11)10-13(2,3)4;/h5-9H,1,10H2,2-4H3;1H/q+1;/p-1. The molecular weight excluding hydrogens is 211 g/mol. The molecule has 0 saturated heterocycles. The molecule has 0 heterocycles. The first-order valence-corrected chi connectivity index (χ1v) is 7.85. The van der Waals surface area contributed by atoms with Crippen molar-refractivity contribution in [1.29, 1.82) is 0 Å². The van der Waals surface area contributed by atoms with Crippen molar-refractivity contribution < 1.29 is 12.4 Å². The Balaban J connectivity index is 0.00000169. The minimum Gasteiger partial charge on any atom is -1.00 e. The largest absolute Gasteiger partial charge is 1.00 e. The summed E-state index contributed by atoms with van der Waals surface area (Å²) in [4.78, 5) is 0. The van der Waals surface area contributed by atoms with Gasteiger partial charge >= 0.3 is 0 Å². The summed E-state index contributed by atoms with van der Waals surface area (Å²) in [5, 5.41) is 0. The molecule has 0 nitrogen and oxygen atoms in total. The Bertz CT molecular complexity index is 299. The van der Waals surface area contributed by atoms with Crippen molar-refractivity contribution in [2.45, 2.75) is 6.16 Å². The lowest BCUT2D eigenvalue weighted by atomic mass is 10.1. The van der Waals surface area contributed by atoms with Crippen LogP contribution in [0.3, 0.4) is 0 Å². The molecule has 78 valence electrons. The fraction of sp³-hybridized carbons (Fsp3) is 0.333. The van der Waals surface area contributed by atoms with Gasteiger partial charge in [-0.1, -0.05) is 36.9 Å². The lowest BCUT2D eigenvalue weighted by Crippen LogP contribution is -3.00. The molecule has 0 saturated carbocycles. The van der Waals surface area contributed by atoms with Crippen molar-refractivity contribution in [2.24, 2.45) is 0 Å². The molecule has 0 N–H and O–H groups in total. The summed E-state index contributed by atoms with van der Waals surface area (Å²) in [5.74, 6) is 0. The van der Waals surface area contributed by atoms with Crippen molar-refractivity contribution in [3.05, 3.63) is 42.0 Å². The van der Waals surface area contributed by atoms with Gasteiger partial charge in [0, 0.05) is 27.3 Å². The molecule has 0 radical (unpaired) electrons. The van der Waals surface area contributed by atoms with Crippen LogP contribution in [0.5, 0.6) is 0 Å². The normalized spacial score (nSPS) is 10.5. The number of hydrogen-bond donors (Lipinski definition) is 0. The zero-order chi connectivity index (χ0) is 9.90. The van der Waals surface area contributed by atoms with Crippen LogP contribution >= 0.6 is 7.26 Å². The Morgan fingerprint density at radius 3 is 2.29 bits per heavy atom. The topological polar surface area (TPSA) is 0 Å². The van der Waals surface area contributed by atoms with E-state index in [1.807, 2.05) is 6.08 Å². The number of rotatable bonds is 3. The molecule has 0 aliphatic carbocycles. The predicted molar refractivity (Wildman–Crippen MR) is 64.9 cm³/mol. The SMILES string of the molecule is C=Cc1ccccc1C[P+](C)(C)C.[Cl-]. The smallest absolute Gasteiger partial charge is 0.0840 e. The molecule has 0 aliphatic heterocycles. The summed E-state index contributed by atoms with van der Waals surface area (Å²) < 4.78 is 0. The molecule has 1 aromatic carbocycles. The average molecular weight is 229 g/mol.